The van der Waals surface area contributed by atoms with E-state index in [2.05, 4.69) is 10.1 Å². The molecule has 0 aliphatic heterocycles. The average molecular weight is 339 g/mol. The lowest BCUT2D eigenvalue weighted by Gasteiger charge is -2.11. The first-order valence-electron chi connectivity index (χ1n) is 6.92. The number of halogens is 2. The van der Waals surface area contributed by atoms with Gasteiger partial charge >= 0.3 is 6.61 Å². The molecule has 1 heterocycles. The van der Waals surface area contributed by atoms with E-state index in [1.54, 1.807) is 35.7 Å². The van der Waals surface area contributed by atoms with E-state index in [1.165, 1.54) is 17.4 Å². The maximum absolute atomic E-state index is 12.3. The molecule has 0 radical (unpaired) electrons. The summed E-state index contributed by atoms with van der Waals surface area (Å²) >= 11 is 1.33. The zero-order valence-electron chi connectivity index (χ0n) is 12.1. The molecule has 2 aromatic rings. The zero-order chi connectivity index (χ0) is 16.7. The number of amides is 1. The predicted molar refractivity (Wildman–Crippen MR) is 82.8 cm³/mol. The van der Waals surface area contributed by atoms with Crippen LogP contribution in [0.1, 0.15) is 28.1 Å². The van der Waals surface area contributed by atoms with Crippen LogP contribution < -0.4 is 10.1 Å². The molecule has 23 heavy (non-hydrogen) atoms. The smallest absolute Gasteiger partial charge is 0.387 e. The number of ketones is 1. The van der Waals surface area contributed by atoms with Crippen LogP contribution in [0.3, 0.4) is 0 Å². The number of rotatable bonds is 8. The van der Waals surface area contributed by atoms with E-state index in [1.807, 2.05) is 0 Å². The number of hydrogen-bond acceptors (Lipinski definition) is 4. The minimum Gasteiger partial charge on any atom is -0.434 e. The summed E-state index contributed by atoms with van der Waals surface area (Å²) in [5.41, 5.74) is 0.450. The summed E-state index contributed by atoms with van der Waals surface area (Å²) < 4.78 is 29.0. The minimum atomic E-state index is -2.92. The van der Waals surface area contributed by atoms with Gasteiger partial charge < -0.3 is 10.1 Å². The highest BCUT2D eigenvalue weighted by Crippen LogP contribution is 2.20. The molecule has 4 nitrogen and oxygen atoms in total. The van der Waals surface area contributed by atoms with Gasteiger partial charge in [0.05, 0.1) is 4.88 Å². The van der Waals surface area contributed by atoms with Gasteiger partial charge in [0, 0.05) is 24.9 Å². The second-order valence-electron chi connectivity index (χ2n) is 4.66. The third-order valence-electron chi connectivity index (χ3n) is 3.04. The van der Waals surface area contributed by atoms with Crippen molar-refractivity contribution >= 4 is 23.0 Å². The van der Waals surface area contributed by atoms with E-state index in [9.17, 15) is 18.4 Å². The number of carbonyl (C=O) groups excluding carboxylic acids is 2. The molecule has 0 saturated carbocycles. The van der Waals surface area contributed by atoms with Crippen molar-refractivity contribution in [2.24, 2.45) is 0 Å². The van der Waals surface area contributed by atoms with E-state index in [-0.39, 0.29) is 36.8 Å². The van der Waals surface area contributed by atoms with Crippen molar-refractivity contribution in [3.05, 3.63) is 52.2 Å². The normalized spacial score (nSPS) is 10.6. The number of ether oxygens (including phenoxy) is 1. The molecule has 1 aromatic heterocycles. The van der Waals surface area contributed by atoms with E-state index >= 15 is 0 Å². The fourth-order valence-electron chi connectivity index (χ4n) is 1.93. The van der Waals surface area contributed by atoms with Crippen LogP contribution in [0.2, 0.25) is 0 Å². The van der Waals surface area contributed by atoms with Crippen LogP contribution in [0.25, 0.3) is 0 Å². The molecule has 122 valence electrons. The van der Waals surface area contributed by atoms with E-state index in [4.69, 9.17) is 0 Å². The predicted octanol–water partition coefficient (Wildman–Crippen LogP) is 3.63. The Balaban J connectivity index is 1.81. The standard InChI is InChI=1S/C16H15F2NO3S/c17-16(18)22-13-5-2-1-4-11(13)10-19-15(21)8-7-12(20)14-6-3-9-23-14/h1-6,9,16H,7-8,10H2,(H,19,21). The number of nitrogens with one attached hydrogen (secondary N) is 1. The molecule has 0 atom stereocenters. The second-order valence-corrected chi connectivity index (χ2v) is 5.61. The van der Waals surface area contributed by atoms with Gasteiger partial charge in [0.2, 0.25) is 5.91 Å². The summed E-state index contributed by atoms with van der Waals surface area (Å²) in [5.74, 6) is -0.379. The van der Waals surface area contributed by atoms with Crippen LogP contribution in [-0.4, -0.2) is 18.3 Å². The Labute approximate surface area is 136 Å². The maximum Gasteiger partial charge on any atom is 0.387 e. The molecule has 2 rings (SSSR count). The molecular formula is C16H15F2NO3S. The number of para-hydroxylation sites is 1. The van der Waals surface area contributed by atoms with Crippen LogP contribution in [0.15, 0.2) is 41.8 Å². The lowest BCUT2D eigenvalue weighted by molar-refractivity contribution is -0.121. The summed E-state index contributed by atoms with van der Waals surface area (Å²) in [6, 6.07) is 9.73. The topological polar surface area (TPSA) is 55.4 Å². The minimum absolute atomic E-state index is 0.0254. The quantitative estimate of drug-likeness (QED) is 0.747. The van der Waals surface area contributed by atoms with Gasteiger partial charge in [-0.15, -0.1) is 11.3 Å². The number of carbonyl (C=O) groups is 2. The molecule has 7 heteroatoms. The number of Topliss-reactive ketones (excluding diaryl/α,β-unsaturated/α-hetero) is 1. The zero-order valence-corrected chi connectivity index (χ0v) is 12.9. The first kappa shape index (κ1) is 17.1. The van der Waals surface area contributed by atoms with Crippen LogP contribution in [-0.2, 0) is 11.3 Å². The van der Waals surface area contributed by atoms with Crippen molar-refractivity contribution in [3.63, 3.8) is 0 Å². The molecule has 0 aliphatic carbocycles. The van der Waals surface area contributed by atoms with Gasteiger partial charge in [-0.2, -0.15) is 8.78 Å². The Kier molecular flexibility index (Phi) is 6.22. The third-order valence-corrected chi connectivity index (χ3v) is 3.95. The molecule has 0 aliphatic rings. The van der Waals surface area contributed by atoms with Gasteiger partial charge in [-0.1, -0.05) is 24.3 Å². The molecule has 1 N–H and O–H groups in total. The summed E-state index contributed by atoms with van der Waals surface area (Å²) in [6.45, 7) is -2.86. The van der Waals surface area contributed by atoms with E-state index in [0.717, 1.165) is 0 Å². The van der Waals surface area contributed by atoms with Gasteiger partial charge in [-0.25, -0.2) is 0 Å². The Morgan fingerprint density at radius 3 is 2.61 bits per heavy atom. The fraction of sp³-hybridized carbons (Fsp3) is 0.250. The number of alkyl halides is 2. The van der Waals surface area contributed by atoms with Gasteiger partial charge in [-0.05, 0) is 17.5 Å². The highest BCUT2D eigenvalue weighted by atomic mass is 32.1. The van der Waals surface area contributed by atoms with Crippen molar-refractivity contribution in [3.8, 4) is 5.75 Å². The number of thiophene rings is 1. The first-order chi connectivity index (χ1) is 11.1. The van der Waals surface area contributed by atoms with Crippen molar-refractivity contribution < 1.29 is 23.1 Å². The van der Waals surface area contributed by atoms with Gasteiger partial charge in [-0.3, -0.25) is 9.59 Å². The summed E-state index contributed by atoms with van der Waals surface area (Å²) in [4.78, 5) is 24.2. The monoisotopic (exact) mass is 339 g/mol. The van der Waals surface area contributed by atoms with Gasteiger partial charge in [0.25, 0.3) is 0 Å². The van der Waals surface area contributed by atoms with Crippen LogP contribution in [0, 0.1) is 0 Å². The molecule has 1 amide bonds. The molecule has 0 spiro atoms. The Morgan fingerprint density at radius 2 is 1.91 bits per heavy atom. The van der Waals surface area contributed by atoms with Gasteiger partial charge in [0.15, 0.2) is 5.78 Å². The lowest BCUT2D eigenvalue weighted by Crippen LogP contribution is -2.23. The molecule has 1 aromatic carbocycles. The first-order valence-corrected chi connectivity index (χ1v) is 7.80. The Hall–Kier alpha value is -2.28. The Morgan fingerprint density at radius 1 is 1.13 bits per heavy atom. The summed E-state index contributed by atoms with van der Waals surface area (Å²) in [6.07, 6.45) is 0.163. The SMILES string of the molecule is O=C(CCC(=O)c1cccs1)NCc1ccccc1OC(F)F. The molecule has 0 fully saturated rings. The van der Waals surface area contributed by atoms with Crippen molar-refractivity contribution in [1.29, 1.82) is 0 Å². The highest BCUT2D eigenvalue weighted by Gasteiger charge is 2.12. The van der Waals surface area contributed by atoms with E-state index < -0.39 is 6.61 Å². The second kappa shape index (κ2) is 8.38. The number of hydrogen-bond donors (Lipinski definition) is 1. The summed E-state index contributed by atoms with van der Waals surface area (Å²) in [5, 5.41) is 4.40. The van der Waals surface area contributed by atoms with Crippen LogP contribution in [0.4, 0.5) is 8.78 Å². The largest absolute Gasteiger partial charge is 0.434 e. The number of benzene rings is 1. The Bertz CT molecular complexity index is 659. The van der Waals surface area contributed by atoms with Gasteiger partial charge in [0.1, 0.15) is 5.75 Å². The van der Waals surface area contributed by atoms with Crippen LogP contribution in [0.5, 0.6) is 5.75 Å². The molecule has 0 bridgehead atoms. The molecular weight excluding hydrogens is 324 g/mol. The third kappa shape index (κ3) is 5.45. The van der Waals surface area contributed by atoms with Crippen molar-refractivity contribution in [2.75, 3.05) is 0 Å². The van der Waals surface area contributed by atoms with Crippen LogP contribution >= 0.6 is 11.3 Å². The van der Waals surface area contributed by atoms with Crippen molar-refractivity contribution in [2.45, 2.75) is 26.0 Å². The lowest BCUT2D eigenvalue weighted by atomic mass is 10.1. The maximum atomic E-state index is 12.3. The highest BCUT2D eigenvalue weighted by molar-refractivity contribution is 7.12. The average Bonchev–Trinajstić information content (AvgIpc) is 3.05. The summed E-state index contributed by atoms with van der Waals surface area (Å²) in [7, 11) is 0. The van der Waals surface area contributed by atoms with Crippen molar-refractivity contribution in [1.82, 2.24) is 5.32 Å². The van der Waals surface area contributed by atoms with E-state index in [0.29, 0.717) is 10.4 Å². The fourth-order valence-corrected chi connectivity index (χ4v) is 2.62. The molecule has 0 saturated heterocycles. The molecule has 0 unspecified atom stereocenters.